The highest BCUT2D eigenvalue weighted by molar-refractivity contribution is 6.03. The first-order valence-electron chi connectivity index (χ1n) is 8.32. The SMILES string of the molecule is COc1ccc(CNc2ccc(NC(=O)c3cccnc3)nc2)cc1OC. The van der Waals surface area contributed by atoms with E-state index in [2.05, 4.69) is 20.6 Å². The summed E-state index contributed by atoms with van der Waals surface area (Å²) in [4.78, 5) is 20.3. The third-order valence-electron chi connectivity index (χ3n) is 3.87. The maximum absolute atomic E-state index is 12.1. The molecule has 0 saturated carbocycles. The van der Waals surface area contributed by atoms with E-state index in [0.717, 1.165) is 11.3 Å². The van der Waals surface area contributed by atoms with Crippen molar-refractivity contribution in [2.24, 2.45) is 0 Å². The number of hydrogen-bond acceptors (Lipinski definition) is 6. The molecule has 1 amide bonds. The van der Waals surface area contributed by atoms with Gasteiger partial charge in [-0.3, -0.25) is 9.78 Å². The lowest BCUT2D eigenvalue weighted by molar-refractivity contribution is 0.102. The number of nitrogens with zero attached hydrogens (tertiary/aromatic N) is 2. The van der Waals surface area contributed by atoms with Crippen molar-refractivity contribution < 1.29 is 14.3 Å². The van der Waals surface area contributed by atoms with E-state index in [1.807, 2.05) is 24.3 Å². The molecule has 0 saturated heterocycles. The Labute approximate surface area is 157 Å². The van der Waals surface area contributed by atoms with Crippen LogP contribution in [0.5, 0.6) is 11.5 Å². The lowest BCUT2D eigenvalue weighted by Crippen LogP contribution is -2.13. The van der Waals surface area contributed by atoms with Crippen LogP contribution >= 0.6 is 0 Å². The van der Waals surface area contributed by atoms with E-state index in [9.17, 15) is 4.79 Å². The summed E-state index contributed by atoms with van der Waals surface area (Å²) in [6, 6.07) is 12.7. The smallest absolute Gasteiger partial charge is 0.258 e. The highest BCUT2D eigenvalue weighted by atomic mass is 16.5. The van der Waals surface area contributed by atoms with Gasteiger partial charge in [0.2, 0.25) is 0 Å². The van der Waals surface area contributed by atoms with Crippen molar-refractivity contribution >= 4 is 17.4 Å². The molecule has 0 aliphatic rings. The van der Waals surface area contributed by atoms with E-state index in [4.69, 9.17) is 9.47 Å². The van der Waals surface area contributed by atoms with Crippen LogP contribution in [0.1, 0.15) is 15.9 Å². The molecule has 0 bridgehead atoms. The lowest BCUT2D eigenvalue weighted by atomic mass is 10.2. The van der Waals surface area contributed by atoms with E-state index < -0.39 is 0 Å². The molecular weight excluding hydrogens is 344 g/mol. The Balaban J connectivity index is 1.59. The van der Waals surface area contributed by atoms with E-state index in [-0.39, 0.29) is 5.91 Å². The summed E-state index contributed by atoms with van der Waals surface area (Å²) in [6.45, 7) is 0.601. The van der Waals surface area contributed by atoms with Crippen molar-refractivity contribution in [3.8, 4) is 11.5 Å². The average Bonchev–Trinajstić information content (AvgIpc) is 2.73. The Morgan fingerprint density at radius 2 is 1.89 bits per heavy atom. The first-order chi connectivity index (χ1) is 13.2. The van der Waals surface area contributed by atoms with Crippen LogP contribution in [0.3, 0.4) is 0 Å². The standard InChI is InChI=1S/C20H20N4O3/c1-26-17-7-5-14(10-18(17)27-2)11-22-16-6-8-19(23-13-16)24-20(25)15-4-3-9-21-12-15/h3-10,12-13,22H,11H2,1-2H3,(H,23,24,25). The molecule has 0 fully saturated rings. The minimum Gasteiger partial charge on any atom is -0.493 e. The molecule has 2 heterocycles. The van der Waals surface area contributed by atoms with Gasteiger partial charge < -0.3 is 20.1 Å². The summed E-state index contributed by atoms with van der Waals surface area (Å²) in [6.07, 6.45) is 4.79. The number of benzene rings is 1. The Morgan fingerprint density at radius 1 is 1.04 bits per heavy atom. The van der Waals surface area contributed by atoms with Gasteiger partial charge in [0.25, 0.3) is 5.91 Å². The monoisotopic (exact) mass is 364 g/mol. The molecule has 0 unspecified atom stereocenters. The second-order valence-electron chi connectivity index (χ2n) is 5.67. The molecule has 138 valence electrons. The fourth-order valence-corrected chi connectivity index (χ4v) is 2.45. The van der Waals surface area contributed by atoms with Crippen LogP contribution in [0.15, 0.2) is 61.1 Å². The van der Waals surface area contributed by atoms with Gasteiger partial charge in [-0.05, 0) is 42.0 Å². The Bertz CT molecular complexity index is 899. The van der Waals surface area contributed by atoms with Crippen LogP contribution in [0.25, 0.3) is 0 Å². The summed E-state index contributed by atoms with van der Waals surface area (Å²) < 4.78 is 10.5. The summed E-state index contributed by atoms with van der Waals surface area (Å²) >= 11 is 0. The summed E-state index contributed by atoms with van der Waals surface area (Å²) in [7, 11) is 3.22. The molecule has 0 aliphatic heterocycles. The van der Waals surface area contributed by atoms with Gasteiger partial charge in [0, 0.05) is 18.9 Å². The molecule has 2 N–H and O–H groups in total. The van der Waals surface area contributed by atoms with Crippen LogP contribution in [-0.4, -0.2) is 30.1 Å². The minimum atomic E-state index is -0.248. The van der Waals surface area contributed by atoms with Gasteiger partial charge in [-0.25, -0.2) is 4.98 Å². The zero-order valence-corrected chi connectivity index (χ0v) is 15.1. The molecule has 27 heavy (non-hydrogen) atoms. The molecular formula is C20H20N4O3. The third kappa shape index (κ3) is 4.72. The number of hydrogen-bond donors (Lipinski definition) is 2. The Kier molecular flexibility index (Phi) is 5.84. The maximum Gasteiger partial charge on any atom is 0.258 e. The summed E-state index contributed by atoms with van der Waals surface area (Å²) in [5, 5.41) is 6.02. The van der Waals surface area contributed by atoms with E-state index in [0.29, 0.717) is 29.4 Å². The first-order valence-corrected chi connectivity index (χ1v) is 8.32. The predicted molar refractivity (Wildman–Crippen MR) is 103 cm³/mol. The number of ether oxygens (including phenoxy) is 2. The number of carbonyl (C=O) groups excluding carboxylic acids is 1. The van der Waals surface area contributed by atoms with Crippen molar-refractivity contribution in [2.75, 3.05) is 24.9 Å². The van der Waals surface area contributed by atoms with Crippen LogP contribution in [0, 0.1) is 0 Å². The third-order valence-corrected chi connectivity index (χ3v) is 3.87. The second kappa shape index (κ2) is 8.66. The Hall–Kier alpha value is -3.61. The highest BCUT2D eigenvalue weighted by Gasteiger charge is 2.07. The minimum absolute atomic E-state index is 0.248. The van der Waals surface area contributed by atoms with Crippen LogP contribution < -0.4 is 20.1 Å². The van der Waals surface area contributed by atoms with Crippen LogP contribution in [0.4, 0.5) is 11.5 Å². The van der Waals surface area contributed by atoms with Crippen molar-refractivity contribution in [2.45, 2.75) is 6.54 Å². The number of amides is 1. The van der Waals surface area contributed by atoms with Gasteiger partial charge >= 0.3 is 0 Å². The molecule has 7 nitrogen and oxygen atoms in total. The first kappa shape index (κ1) is 18.2. The number of anilines is 2. The number of pyridine rings is 2. The van der Waals surface area contributed by atoms with Gasteiger partial charge in [0.1, 0.15) is 5.82 Å². The molecule has 7 heteroatoms. The summed E-state index contributed by atoms with van der Waals surface area (Å²) in [5.74, 6) is 1.60. The molecule has 0 radical (unpaired) electrons. The topological polar surface area (TPSA) is 85.4 Å². The molecule has 3 aromatic rings. The largest absolute Gasteiger partial charge is 0.493 e. The zero-order valence-electron chi connectivity index (χ0n) is 15.1. The van der Waals surface area contributed by atoms with E-state index in [1.54, 1.807) is 44.8 Å². The van der Waals surface area contributed by atoms with Gasteiger partial charge in [-0.2, -0.15) is 0 Å². The maximum atomic E-state index is 12.1. The number of aromatic nitrogens is 2. The van der Waals surface area contributed by atoms with Crippen molar-refractivity contribution in [3.63, 3.8) is 0 Å². The van der Waals surface area contributed by atoms with Crippen LogP contribution in [0.2, 0.25) is 0 Å². The van der Waals surface area contributed by atoms with Crippen LogP contribution in [-0.2, 0) is 6.54 Å². The van der Waals surface area contributed by atoms with Crippen molar-refractivity contribution in [3.05, 3.63) is 72.2 Å². The summed E-state index contributed by atoms with van der Waals surface area (Å²) in [5.41, 5.74) is 2.36. The second-order valence-corrected chi connectivity index (χ2v) is 5.67. The fourth-order valence-electron chi connectivity index (χ4n) is 2.45. The highest BCUT2D eigenvalue weighted by Crippen LogP contribution is 2.27. The number of rotatable bonds is 7. The van der Waals surface area contributed by atoms with E-state index >= 15 is 0 Å². The average molecular weight is 364 g/mol. The van der Waals surface area contributed by atoms with Gasteiger partial charge in [-0.1, -0.05) is 6.07 Å². The quantitative estimate of drug-likeness (QED) is 0.669. The van der Waals surface area contributed by atoms with E-state index in [1.165, 1.54) is 6.20 Å². The molecule has 2 aromatic heterocycles. The zero-order chi connectivity index (χ0) is 19.1. The molecule has 3 rings (SSSR count). The number of carbonyl (C=O) groups is 1. The predicted octanol–water partition coefficient (Wildman–Crippen LogP) is 3.36. The Morgan fingerprint density at radius 3 is 2.56 bits per heavy atom. The lowest BCUT2D eigenvalue weighted by Gasteiger charge is -2.11. The normalized spacial score (nSPS) is 10.1. The fraction of sp³-hybridized carbons (Fsp3) is 0.150. The van der Waals surface area contributed by atoms with Gasteiger partial charge in [0.05, 0.1) is 31.7 Å². The number of methoxy groups -OCH3 is 2. The van der Waals surface area contributed by atoms with Gasteiger partial charge in [-0.15, -0.1) is 0 Å². The van der Waals surface area contributed by atoms with Crippen molar-refractivity contribution in [1.29, 1.82) is 0 Å². The molecule has 0 aliphatic carbocycles. The molecule has 1 aromatic carbocycles. The van der Waals surface area contributed by atoms with Gasteiger partial charge in [0.15, 0.2) is 11.5 Å². The number of nitrogens with one attached hydrogen (secondary N) is 2. The molecule has 0 spiro atoms. The molecule has 0 atom stereocenters. The van der Waals surface area contributed by atoms with Crippen molar-refractivity contribution in [1.82, 2.24) is 9.97 Å².